The van der Waals surface area contributed by atoms with Crippen molar-refractivity contribution >= 4 is 11.9 Å². The van der Waals surface area contributed by atoms with E-state index >= 15 is 0 Å². The van der Waals surface area contributed by atoms with E-state index in [0.717, 1.165) is 11.3 Å². The third-order valence-electron chi connectivity index (χ3n) is 5.18. The Morgan fingerprint density at radius 2 is 1.82 bits per heavy atom. The van der Waals surface area contributed by atoms with Gasteiger partial charge in [-0.1, -0.05) is 48.5 Å². The van der Waals surface area contributed by atoms with Gasteiger partial charge < -0.3 is 14.6 Å². The molecule has 2 aromatic carbocycles. The van der Waals surface area contributed by atoms with Crippen molar-refractivity contribution in [3.8, 4) is 0 Å². The molecule has 2 heterocycles. The van der Waals surface area contributed by atoms with Crippen LogP contribution in [0.25, 0.3) is 0 Å². The number of aromatic nitrogens is 2. The minimum absolute atomic E-state index is 0.0469. The van der Waals surface area contributed by atoms with Gasteiger partial charge in [0.25, 0.3) is 0 Å². The first-order valence-corrected chi connectivity index (χ1v) is 9.19. The van der Waals surface area contributed by atoms with E-state index in [0.29, 0.717) is 12.1 Å². The minimum atomic E-state index is -0.695. The molecule has 6 nitrogen and oxygen atoms in total. The van der Waals surface area contributed by atoms with Crippen molar-refractivity contribution in [1.29, 1.82) is 0 Å². The lowest BCUT2D eigenvalue weighted by atomic mass is 9.84. The van der Waals surface area contributed by atoms with Gasteiger partial charge in [-0.15, -0.1) is 0 Å². The number of H-pyrrole nitrogens is 1. The molecule has 0 saturated carbocycles. The summed E-state index contributed by atoms with van der Waals surface area (Å²) in [5.41, 5.74) is 2.12. The summed E-state index contributed by atoms with van der Waals surface area (Å²) in [5.74, 6) is -1.16. The number of ether oxygens (including phenoxy) is 1. The zero-order valence-corrected chi connectivity index (χ0v) is 15.5. The van der Waals surface area contributed by atoms with Gasteiger partial charge in [-0.25, -0.2) is 9.78 Å². The third kappa shape index (κ3) is 3.41. The number of esters is 1. The molecule has 6 heteroatoms. The Balaban J connectivity index is 1.72. The molecule has 0 bridgehead atoms. The van der Waals surface area contributed by atoms with Crippen molar-refractivity contribution in [1.82, 2.24) is 14.9 Å². The molecule has 3 atom stereocenters. The van der Waals surface area contributed by atoms with Gasteiger partial charge in [-0.2, -0.15) is 0 Å². The van der Waals surface area contributed by atoms with Crippen LogP contribution in [0.2, 0.25) is 0 Å². The van der Waals surface area contributed by atoms with Gasteiger partial charge in [0.15, 0.2) is 0 Å². The summed E-state index contributed by atoms with van der Waals surface area (Å²) >= 11 is 0. The number of rotatable bonds is 5. The fourth-order valence-corrected chi connectivity index (χ4v) is 3.78. The second kappa shape index (κ2) is 7.68. The maximum absolute atomic E-state index is 13.0. The summed E-state index contributed by atoms with van der Waals surface area (Å²) in [6.07, 6.45) is 2.63. The number of hydrogen-bond donors (Lipinski definition) is 1. The van der Waals surface area contributed by atoms with Gasteiger partial charge >= 0.3 is 5.97 Å². The number of nitrogens with one attached hydrogen (secondary N) is 1. The lowest BCUT2D eigenvalue weighted by Gasteiger charge is -2.26. The fourth-order valence-electron chi connectivity index (χ4n) is 3.78. The molecule has 0 radical (unpaired) electrons. The van der Waals surface area contributed by atoms with E-state index in [1.807, 2.05) is 36.4 Å². The van der Waals surface area contributed by atoms with E-state index in [1.54, 1.807) is 48.7 Å². The Hall–Kier alpha value is -3.41. The van der Waals surface area contributed by atoms with Gasteiger partial charge in [-0.05, 0) is 17.7 Å². The zero-order chi connectivity index (χ0) is 19.5. The molecule has 142 valence electrons. The maximum atomic E-state index is 13.0. The van der Waals surface area contributed by atoms with Crippen LogP contribution in [0.1, 0.15) is 33.6 Å². The number of likely N-dealkylation sites (tertiary alicyclic amines) is 1. The molecule has 1 aliphatic rings. The number of carbonyl (C=O) groups is 2. The molecule has 0 unspecified atom stereocenters. The molecular weight excluding hydrogens is 354 g/mol. The van der Waals surface area contributed by atoms with Crippen LogP contribution in [0.5, 0.6) is 0 Å². The summed E-state index contributed by atoms with van der Waals surface area (Å²) in [5, 5.41) is 0. The summed E-state index contributed by atoms with van der Waals surface area (Å²) in [7, 11) is 1.77. The number of hydrogen-bond acceptors (Lipinski definition) is 4. The number of amides is 1. The average molecular weight is 375 g/mol. The topological polar surface area (TPSA) is 75.3 Å². The number of likely N-dealkylation sites (N-methyl/N-ethyl adjacent to an activating group) is 1. The van der Waals surface area contributed by atoms with Gasteiger partial charge in [-0.3, -0.25) is 4.79 Å². The molecule has 1 saturated heterocycles. The number of imidazole rings is 1. The first-order valence-electron chi connectivity index (χ1n) is 9.19. The van der Waals surface area contributed by atoms with E-state index in [1.165, 1.54) is 0 Å². The van der Waals surface area contributed by atoms with E-state index in [2.05, 4.69) is 9.97 Å². The van der Waals surface area contributed by atoms with E-state index in [-0.39, 0.29) is 11.8 Å². The molecule has 28 heavy (non-hydrogen) atoms. The largest absolute Gasteiger partial charge is 0.453 e. The van der Waals surface area contributed by atoms with Gasteiger partial charge in [0.2, 0.25) is 5.91 Å². The Kier molecular flexibility index (Phi) is 4.93. The van der Waals surface area contributed by atoms with E-state index < -0.39 is 18.0 Å². The summed E-state index contributed by atoms with van der Waals surface area (Å²) in [4.78, 5) is 34.7. The third-order valence-corrected chi connectivity index (χ3v) is 5.18. The molecule has 3 aromatic rings. The van der Waals surface area contributed by atoms with Crippen LogP contribution in [0, 0.1) is 5.92 Å². The van der Waals surface area contributed by atoms with Crippen molar-refractivity contribution < 1.29 is 14.3 Å². The molecule has 1 amide bonds. The van der Waals surface area contributed by atoms with Crippen LogP contribution in [0.3, 0.4) is 0 Å². The molecule has 4 rings (SSSR count). The van der Waals surface area contributed by atoms with E-state index in [9.17, 15) is 9.59 Å². The van der Waals surface area contributed by atoms with Gasteiger partial charge in [0.1, 0.15) is 6.10 Å². The highest BCUT2D eigenvalue weighted by Gasteiger charge is 2.47. The summed E-state index contributed by atoms with van der Waals surface area (Å²) in [6.45, 7) is 0.540. The number of carbonyl (C=O) groups excluding carboxylic acids is 2. The highest BCUT2D eigenvalue weighted by atomic mass is 16.5. The van der Waals surface area contributed by atoms with Crippen LogP contribution in [-0.2, 0) is 9.53 Å². The smallest absolute Gasteiger partial charge is 0.338 e. The van der Waals surface area contributed by atoms with Crippen molar-refractivity contribution in [2.75, 3.05) is 13.6 Å². The van der Waals surface area contributed by atoms with Crippen molar-refractivity contribution in [3.63, 3.8) is 0 Å². The molecule has 0 spiro atoms. The lowest BCUT2D eigenvalue weighted by molar-refractivity contribution is -0.133. The first kappa shape index (κ1) is 18.0. The molecule has 1 N–H and O–H groups in total. The van der Waals surface area contributed by atoms with Gasteiger partial charge in [0.05, 0.1) is 17.8 Å². The van der Waals surface area contributed by atoms with E-state index in [4.69, 9.17) is 4.74 Å². The first-order chi connectivity index (χ1) is 13.6. The quantitative estimate of drug-likeness (QED) is 0.695. The maximum Gasteiger partial charge on any atom is 0.338 e. The number of benzene rings is 2. The Labute approximate surface area is 163 Å². The second-order valence-electron chi connectivity index (χ2n) is 6.96. The lowest BCUT2D eigenvalue weighted by Crippen LogP contribution is -2.30. The SMILES string of the molecule is CN1C[C@H](c2cnc[nH]2)[C@@H]([C@H](OC(=O)c2ccccc2)c2ccccc2)C1=O. The molecule has 0 aliphatic carbocycles. The summed E-state index contributed by atoms with van der Waals surface area (Å²) in [6, 6.07) is 18.3. The van der Waals surface area contributed by atoms with Crippen LogP contribution in [-0.4, -0.2) is 40.3 Å². The normalized spacial score (nSPS) is 20.2. The Morgan fingerprint density at radius 1 is 1.14 bits per heavy atom. The van der Waals surface area contributed by atoms with Crippen molar-refractivity contribution in [2.45, 2.75) is 12.0 Å². The zero-order valence-electron chi connectivity index (χ0n) is 15.5. The van der Waals surface area contributed by atoms with Gasteiger partial charge in [0, 0.05) is 31.4 Å². The highest BCUT2D eigenvalue weighted by Crippen LogP contribution is 2.42. The highest BCUT2D eigenvalue weighted by molar-refractivity contribution is 5.90. The van der Waals surface area contributed by atoms with Crippen molar-refractivity contribution in [2.24, 2.45) is 5.92 Å². The van der Waals surface area contributed by atoms with Crippen LogP contribution in [0.4, 0.5) is 0 Å². The molecular formula is C22H21N3O3. The predicted octanol–water partition coefficient (Wildman–Crippen LogP) is 3.18. The fraction of sp³-hybridized carbons (Fsp3) is 0.227. The number of aromatic amines is 1. The monoisotopic (exact) mass is 375 g/mol. The Morgan fingerprint density at radius 3 is 2.46 bits per heavy atom. The van der Waals surface area contributed by atoms with Crippen LogP contribution in [0.15, 0.2) is 73.2 Å². The molecule has 1 aromatic heterocycles. The second-order valence-corrected chi connectivity index (χ2v) is 6.96. The average Bonchev–Trinajstić information content (AvgIpc) is 3.36. The Bertz CT molecular complexity index is 942. The summed E-state index contributed by atoms with van der Waals surface area (Å²) < 4.78 is 5.93. The van der Waals surface area contributed by atoms with Crippen molar-refractivity contribution in [3.05, 3.63) is 90.0 Å². The molecule has 1 aliphatic heterocycles. The number of nitrogens with zero attached hydrogens (tertiary/aromatic N) is 2. The molecule has 1 fully saturated rings. The van der Waals surface area contributed by atoms with Crippen LogP contribution >= 0.6 is 0 Å². The predicted molar refractivity (Wildman–Crippen MR) is 103 cm³/mol. The minimum Gasteiger partial charge on any atom is -0.453 e. The van der Waals surface area contributed by atoms with Crippen LogP contribution < -0.4 is 0 Å². The standard InChI is InChI=1S/C22H21N3O3/c1-25-13-17(18-12-23-14-24-18)19(21(25)26)20(15-8-4-2-5-9-15)28-22(27)16-10-6-3-7-11-16/h2-12,14,17,19-20H,13H2,1H3,(H,23,24)/t17-,19+,20-/m1/s1.